The van der Waals surface area contributed by atoms with Gasteiger partial charge in [-0.2, -0.15) is 0 Å². The molecule has 1 aromatic heterocycles. The number of furan rings is 1. The fourth-order valence-electron chi connectivity index (χ4n) is 3.42. The average Bonchev–Trinajstić information content (AvgIpc) is 3.25. The number of benzene rings is 2. The van der Waals surface area contributed by atoms with Crippen LogP contribution in [0.2, 0.25) is 0 Å². The first-order chi connectivity index (χ1) is 14.4. The highest BCUT2D eigenvalue weighted by Crippen LogP contribution is 2.21. The molecule has 152 valence electrons. The Labute approximate surface area is 172 Å². The molecule has 1 N–H and O–H groups in total. The van der Waals surface area contributed by atoms with E-state index in [2.05, 4.69) is 34.5 Å². The van der Waals surface area contributed by atoms with Gasteiger partial charge in [0, 0.05) is 31.7 Å². The lowest BCUT2D eigenvalue weighted by molar-refractivity contribution is 0.0322. The minimum Gasteiger partial charge on any atom is -0.492 e. The second-order valence-corrected chi connectivity index (χ2v) is 7.19. The molecule has 5 heteroatoms. The maximum Gasteiger partial charge on any atom is 0.134 e. The Morgan fingerprint density at radius 3 is 2.62 bits per heavy atom. The molecule has 0 spiro atoms. The Morgan fingerprint density at radius 1 is 0.897 bits per heavy atom. The first-order valence-corrected chi connectivity index (χ1v) is 10.2. The van der Waals surface area contributed by atoms with E-state index >= 15 is 0 Å². The number of morpholine rings is 1. The molecule has 0 aliphatic carbocycles. The first kappa shape index (κ1) is 19.7. The third-order valence-electron chi connectivity index (χ3n) is 5.03. The number of hydrogen-bond donors (Lipinski definition) is 1. The molecule has 1 aliphatic rings. The molecule has 0 unspecified atom stereocenters. The molecule has 2 heterocycles. The fraction of sp³-hybridized carbons (Fsp3) is 0.333. The summed E-state index contributed by atoms with van der Waals surface area (Å²) in [5, 5.41) is 3.45. The fourth-order valence-corrected chi connectivity index (χ4v) is 3.42. The third kappa shape index (κ3) is 5.94. The van der Waals surface area contributed by atoms with Gasteiger partial charge >= 0.3 is 0 Å². The highest BCUT2D eigenvalue weighted by molar-refractivity contribution is 5.57. The van der Waals surface area contributed by atoms with Crippen molar-refractivity contribution < 1.29 is 13.9 Å². The van der Waals surface area contributed by atoms with Crippen LogP contribution in [0, 0.1) is 0 Å². The van der Waals surface area contributed by atoms with Crippen molar-refractivity contribution in [3.8, 4) is 17.1 Å². The third-order valence-corrected chi connectivity index (χ3v) is 5.03. The van der Waals surface area contributed by atoms with Crippen molar-refractivity contribution in [2.24, 2.45) is 0 Å². The van der Waals surface area contributed by atoms with Crippen molar-refractivity contribution >= 4 is 0 Å². The van der Waals surface area contributed by atoms with Crippen molar-refractivity contribution in [1.82, 2.24) is 10.2 Å². The van der Waals surface area contributed by atoms with Crippen molar-refractivity contribution in [2.45, 2.75) is 13.1 Å². The van der Waals surface area contributed by atoms with Crippen LogP contribution in [0.4, 0.5) is 0 Å². The quantitative estimate of drug-likeness (QED) is 0.598. The molecule has 0 bridgehead atoms. The van der Waals surface area contributed by atoms with Crippen molar-refractivity contribution in [3.63, 3.8) is 0 Å². The molecule has 0 radical (unpaired) electrons. The van der Waals surface area contributed by atoms with E-state index in [9.17, 15) is 0 Å². The Hall–Kier alpha value is -2.60. The van der Waals surface area contributed by atoms with Gasteiger partial charge in [-0.15, -0.1) is 0 Å². The molecular weight excluding hydrogens is 364 g/mol. The van der Waals surface area contributed by atoms with Crippen molar-refractivity contribution in [1.29, 1.82) is 0 Å². The smallest absolute Gasteiger partial charge is 0.134 e. The summed E-state index contributed by atoms with van der Waals surface area (Å²) in [6.45, 7) is 6.72. The van der Waals surface area contributed by atoms with Crippen LogP contribution in [0.5, 0.6) is 5.75 Å². The Balaban J connectivity index is 1.22. The minimum absolute atomic E-state index is 0.689. The van der Waals surface area contributed by atoms with Crippen molar-refractivity contribution in [3.05, 3.63) is 78.1 Å². The molecule has 0 atom stereocenters. The molecule has 1 fully saturated rings. The summed E-state index contributed by atoms with van der Waals surface area (Å²) in [6, 6.07) is 22.5. The predicted molar refractivity (Wildman–Crippen MR) is 114 cm³/mol. The van der Waals surface area contributed by atoms with Crippen LogP contribution in [0.3, 0.4) is 0 Å². The lowest BCUT2D eigenvalue weighted by atomic mass is 10.2. The number of rotatable bonds is 9. The van der Waals surface area contributed by atoms with Crippen molar-refractivity contribution in [2.75, 3.05) is 39.5 Å². The summed E-state index contributed by atoms with van der Waals surface area (Å²) >= 11 is 0. The van der Waals surface area contributed by atoms with Gasteiger partial charge in [0.15, 0.2) is 0 Å². The van der Waals surface area contributed by atoms with E-state index in [-0.39, 0.29) is 0 Å². The van der Waals surface area contributed by atoms with E-state index in [4.69, 9.17) is 13.9 Å². The monoisotopic (exact) mass is 392 g/mol. The zero-order valence-electron chi connectivity index (χ0n) is 16.7. The van der Waals surface area contributed by atoms with E-state index < -0.39 is 0 Å². The van der Waals surface area contributed by atoms with Crippen LogP contribution in [-0.4, -0.2) is 44.4 Å². The van der Waals surface area contributed by atoms with E-state index in [0.717, 1.165) is 62.2 Å². The summed E-state index contributed by atoms with van der Waals surface area (Å²) < 4.78 is 17.3. The van der Waals surface area contributed by atoms with Gasteiger partial charge in [-0.05, 0) is 29.8 Å². The Kier molecular flexibility index (Phi) is 6.97. The normalized spacial score (nSPS) is 14.8. The molecular formula is C24H28N2O3. The lowest BCUT2D eigenvalue weighted by Gasteiger charge is -2.26. The molecule has 4 rings (SSSR count). The van der Waals surface area contributed by atoms with E-state index in [1.165, 1.54) is 5.56 Å². The van der Waals surface area contributed by atoms with Crippen LogP contribution in [0.1, 0.15) is 11.3 Å². The van der Waals surface area contributed by atoms with Crippen LogP contribution >= 0.6 is 0 Å². The molecule has 1 saturated heterocycles. The lowest BCUT2D eigenvalue weighted by Crippen LogP contribution is -2.38. The summed E-state index contributed by atoms with van der Waals surface area (Å²) in [5.41, 5.74) is 2.30. The second kappa shape index (κ2) is 10.3. The van der Waals surface area contributed by atoms with E-state index in [1.54, 1.807) is 0 Å². The molecule has 0 amide bonds. The number of nitrogens with zero attached hydrogens (tertiary/aromatic N) is 1. The van der Waals surface area contributed by atoms with Gasteiger partial charge in [-0.25, -0.2) is 0 Å². The van der Waals surface area contributed by atoms with E-state index in [0.29, 0.717) is 13.2 Å². The highest BCUT2D eigenvalue weighted by atomic mass is 16.5. The molecule has 5 nitrogen and oxygen atoms in total. The maximum absolute atomic E-state index is 5.94. The van der Waals surface area contributed by atoms with E-state index in [1.807, 2.05) is 42.5 Å². The van der Waals surface area contributed by atoms with Gasteiger partial charge < -0.3 is 19.2 Å². The largest absolute Gasteiger partial charge is 0.492 e. The topological polar surface area (TPSA) is 46.9 Å². The van der Waals surface area contributed by atoms with Gasteiger partial charge in [-0.3, -0.25) is 4.90 Å². The van der Waals surface area contributed by atoms with Crippen LogP contribution < -0.4 is 10.1 Å². The van der Waals surface area contributed by atoms with Crippen LogP contribution in [-0.2, 0) is 17.8 Å². The number of ether oxygens (including phenoxy) is 2. The maximum atomic E-state index is 5.94. The molecule has 29 heavy (non-hydrogen) atoms. The zero-order valence-corrected chi connectivity index (χ0v) is 16.7. The molecule has 1 aliphatic heterocycles. The van der Waals surface area contributed by atoms with Gasteiger partial charge in [0.1, 0.15) is 23.9 Å². The van der Waals surface area contributed by atoms with Crippen LogP contribution in [0.15, 0.2) is 71.1 Å². The van der Waals surface area contributed by atoms with Gasteiger partial charge in [0.25, 0.3) is 0 Å². The minimum atomic E-state index is 0.689. The molecule has 2 aromatic carbocycles. The van der Waals surface area contributed by atoms with Crippen LogP contribution in [0.25, 0.3) is 11.3 Å². The molecule has 3 aromatic rings. The molecule has 0 saturated carbocycles. The summed E-state index contributed by atoms with van der Waals surface area (Å²) in [7, 11) is 0. The average molecular weight is 392 g/mol. The van der Waals surface area contributed by atoms with Gasteiger partial charge in [-0.1, -0.05) is 42.5 Å². The van der Waals surface area contributed by atoms with Gasteiger partial charge in [0.05, 0.1) is 19.8 Å². The summed E-state index contributed by atoms with van der Waals surface area (Å²) in [5.74, 6) is 2.75. The highest BCUT2D eigenvalue weighted by Gasteiger charge is 2.10. The summed E-state index contributed by atoms with van der Waals surface area (Å²) in [4.78, 5) is 2.38. The Bertz CT molecular complexity index is 873. The predicted octanol–water partition coefficient (Wildman–Crippen LogP) is 3.95. The standard InChI is InChI=1S/C24H28N2O3/c1-2-6-21(7-3-1)24-10-9-23(29-24)19-25-18-20-5-4-8-22(17-20)28-16-13-26-11-14-27-15-12-26/h1-10,17,25H,11-16,18-19H2. The SMILES string of the molecule is c1ccc(-c2ccc(CNCc3cccc(OCCN4CCOCC4)c3)o2)cc1. The number of nitrogens with one attached hydrogen (secondary N) is 1. The second-order valence-electron chi connectivity index (χ2n) is 7.19. The zero-order chi connectivity index (χ0) is 19.7. The first-order valence-electron chi connectivity index (χ1n) is 10.2. The summed E-state index contributed by atoms with van der Waals surface area (Å²) in [6.07, 6.45) is 0. The Morgan fingerprint density at radius 2 is 1.76 bits per heavy atom. The number of hydrogen-bond acceptors (Lipinski definition) is 5. The van der Waals surface area contributed by atoms with Gasteiger partial charge in [0.2, 0.25) is 0 Å².